The van der Waals surface area contributed by atoms with Gasteiger partial charge in [0.05, 0.1) is 6.61 Å². The van der Waals surface area contributed by atoms with Crippen LogP contribution in [0.15, 0.2) is 0 Å². The van der Waals surface area contributed by atoms with Crippen molar-refractivity contribution in [3.8, 4) is 0 Å². The van der Waals surface area contributed by atoms with Crippen LogP contribution in [0.3, 0.4) is 0 Å². The smallest absolute Gasteiger partial charge is 0.0836 e. The topological polar surface area (TPSA) is 9.23 Å². The van der Waals surface area contributed by atoms with E-state index in [1.165, 1.54) is 44.9 Å². The molecule has 0 saturated carbocycles. The van der Waals surface area contributed by atoms with Crippen molar-refractivity contribution in [2.75, 3.05) is 6.61 Å². The molecule has 0 N–H and O–H groups in total. The van der Waals surface area contributed by atoms with Crippen molar-refractivity contribution >= 4 is 0 Å². The highest BCUT2D eigenvalue weighted by molar-refractivity contribution is 4.52. The molecule has 1 radical (unpaired) electrons. The number of hydrogen-bond acceptors (Lipinski definition) is 1. The summed E-state index contributed by atoms with van der Waals surface area (Å²) in [6.07, 6.45) is 10.8. The molecule has 0 aliphatic carbocycles. The molecule has 0 spiro atoms. The number of rotatable bonds is 10. The Kier molecular flexibility index (Phi) is 11.9. The van der Waals surface area contributed by atoms with Gasteiger partial charge in [0.15, 0.2) is 0 Å². The van der Waals surface area contributed by atoms with Crippen molar-refractivity contribution in [3.05, 3.63) is 6.61 Å². The van der Waals surface area contributed by atoms with Crippen LogP contribution in [-0.4, -0.2) is 6.61 Å². The Hall–Kier alpha value is -0.0400. The van der Waals surface area contributed by atoms with E-state index in [-0.39, 0.29) is 0 Å². The molecule has 0 aliphatic heterocycles. The lowest BCUT2D eigenvalue weighted by molar-refractivity contribution is 0.205. The number of hydrogen-bond donors (Lipinski definition) is 0. The zero-order chi connectivity index (χ0) is 9.78. The molecule has 0 saturated heterocycles. The predicted molar refractivity (Wildman–Crippen MR) is 58.5 cm³/mol. The van der Waals surface area contributed by atoms with Gasteiger partial charge in [0, 0.05) is 6.61 Å². The fourth-order valence-corrected chi connectivity index (χ4v) is 1.39. The lowest BCUT2D eigenvalue weighted by Gasteiger charge is -2.01. The van der Waals surface area contributed by atoms with Crippen LogP contribution in [-0.2, 0) is 4.74 Å². The zero-order valence-corrected chi connectivity index (χ0v) is 9.35. The van der Waals surface area contributed by atoms with Crippen LogP contribution in [0, 0.1) is 6.61 Å². The normalized spacial score (nSPS) is 10.6. The fourth-order valence-electron chi connectivity index (χ4n) is 1.39. The van der Waals surface area contributed by atoms with Gasteiger partial charge in [0.25, 0.3) is 0 Å². The minimum atomic E-state index is 0.816. The maximum atomic E-state index is 5.15. The Balaban J connectivity index is 2.76. The molecule has 0 aliphatic rings. The largest absolute Gasteiger partial charge is 0.376 e. The summed E-state index contributed by atoms with van der Waals surface area (Å²) < 4.78 is 5.15. The highest BCUT2D eigenvalue weighted by atomic mass is 16.5. The van der Waals surface area contributed by atoms with Crippen LogP contribution in [0.25, 0.3) is 0 Å². The first-order chi connectivity index (χ1) is 6.41. The molecule has 0 aromatic heterocycles. The summed E-state index contributed by atoms with van der Waals surface area (Å²) in [4.78, 5) is 0. The van der Waals surface area contributed by atoms with Crippen molar-refractivity contribution in [1.82, 2.24) is 0 Å². The summed E-state index contributed by atoms with van der Waals surface area (Å²) >= 11 is 0. The van der Waals surface area contributed by atoms with Crippen LogP contribution in [0.1, 0.15) is 65.2 Å². The first-order valence-corrected chi connectivity index (χ1v) is 5.85. The third-order valence-electron chi connectivity index (χ3n) is 2.21. The molecule has 0 unspecified atom stereocenters. The molecule has 0 aromatic carbocycles. The fraction of sp³-hybridized carbons (Fsp3) is 0.917. The summed E-state index contributed by atoms with van der Waals surface area (Å²) in [5.74, 6) is 0. The summed E-state index contributed by atoms with van der Waals surface area (Å²) in [5.41, 5.74) is 0. The van der Waals surface area contributed by atoms with E-state index in [1.54, 1.807) is 0 Å². The molecule has 0 rings (SSSR count). The number of ether oxygens (including phenoxy) is 1. The van der Waals surface area contributed by atoms with E-state index in [2.05, 4.69) is 6.92 Å². The Labute approximate surface area is 83.9 Å². The van der Waals surface area contributed by atoms with E-state index in [0.29, 0.717) is 0 Å². The zero-order valence-electron chi connectivity index (χ0n) is 9.35. The standard InChI is InChI=1S/C12H25O/c1-3-5-6-7-8-9-10-11-12-13-4-2/h12H,3-11H2,1-2H3. The Bertz CT molecular complexity index is 71.2. The quantitative estimate of drug-likeness (QED) is 0.460. The maximum Gasteiger partial charge on any atom is 0.0836 e. The Morgan fingerprint density at radius 2 is 1.46 bits per heavy atom. The van der Waals surface area contributed by atoms with Gasteiger partial charge in [0.2, 0.25) is 0 Å². The average Bonchev–Trinajstić information content (AvgIpc) is 2.16. The van der Waals surface area contributed by atoms with Crippen LogP contribution >= 0.6 is 0 Å². The van der Waals surface area contributed by atoms with Crippen molar-refractivity contribution in [2.24, 2.45) is 0 Å². The van der Waals surface area contributed by atoms with E-state index in [4.69, 9.17) is 4.74 Å². The van der Waals surface area contributed by atoms with E-state index in [1.807, 2.05) is 13.5 Å². The SMILES string of the molecule is CCCCCCCCC[CH]OCC. The molecule has 0 fully saturated rings. The second-order valence-corrected chi connectivity index (χ2v) is 3.53. The molecule has 13 heavy (non-hydrogen) atoms. The molecular weight excluding hydrogens is 160 g/mol. The van der Waals surface area contributed by atoms with Gasteiger partial charge in [-0.1, -0.05) is 51.9 Å². The van der Waals surface area contributed by atoms with E-state index < -0.39 is 0 Å². The molecule has 0 heterocycles. The first kappa shape index (κ1) is 13.0. The maximum absolute atomic E-state index is 5.15. The van der Waals surface area contributed by atoms with Gasteiger partial charge in [-0.3, -0.25) is 0 Å². The Morgan fingerprint density at radius 1 is 0.846 bits per heavy atom. The van der Waals surface area contributed by atoms with Gasteiger partial charge in [-0.05, 0) is 13.3 Å². The minimum absolute atomic E-state index is 0.816. The monoisotopic (exact) mass is 185 g/mol. The molecule has 0 aromatic rings. The third-order valence-corrected chi connectivity index (χ3v) is 2.21. The van der Waals surface area contributed by atoms with E-state index >= 15 is 0 Å². The summed E-state index contributed by atoms with van der Waals surface area (Å²) in [6.45, 7) is 7.06. The summed E-state index contributed by atoms with van der Waals surface area (Å²) in [5, 5.41) is 0. The van der Waals surface area contributed by atoms with Gasteiger partial charge in [-0.2, -0.15) is 0 Å². The predicted octanol–water partition coefficient (Wildman–Crippen LogP) is 4.33. The van der Waals surface area contributed by atoms with Crippen molar-refractivity contribution in [3.63, 3.8) is 0 Å². The van der Waals surface area contributed by atoms with Crippen LogP contribution in [0.2, 0.25) is 0 Å². The van der Waals surface area contributed by atoms with Crippen molar-refractivity contribution in [2.45, 2.75) is 65.2 Å². The summed E-state index contributed by atoms with van der Waals surface area (Å²) in [7, 11) is 0. The third kappa shape index (κ3) is 12.0. The van der Waals surface area contributed by atoms with Crippen LogP contribution < -0.4 is 0 Å². The van der Waals surface area contributed by atoms with Gasteiger partial charge >= 0.3 is 0 Å². The lowest BCUT2D eigenvalue weighted by Crippen LogP contribution is -1.86. The van der Waals surface area contributed by atoms with Crippen LogP contribution in [0.5, 0.6) is 0 Å². The number of unbranched alkanes of at least 4 members (excludes halogenated alkanes) is 7. The molecule has 0 bridgehead atoms. The molecule has 1 heteroatoms. The molecule has 0 atom stereocenters. The van der Waals surface area contributed by atoms with Crippen LogP contribution in [0.4, 0.5) is 0 Å². The lowest BCUT2D eigenvalue weighted by atomic mass is 10.1. The minimum Gasteiger partial charge on any atom is -0.376 e. The van der Waals surface area contributed by atoms with Gasteiger partial charge in [-0.15, -0.1) is 0 Å². The highest BCUT2D eigenvalue weighted by Crippen LogP contribution is 2.09. The van der Waals surface area contributed by atoms with Gasteiger partial charge in [-0.25, -0.2) is 0 Å². The van der Waals surface area contributed by atoms with E-state index in [9.17, 15) is 0 Å². The van der Waals surface area contributed by atoms with Crippen molar-refractivity contribution < 1.29 is 4.74 Å². The first-order valence-electron chi connectivity index (χ1n) is 5.85. The molecule has 1 nitrogen and oxygen atoms in total. The Morgan fingerprint density at radius 3 is 2.08 bits per heavy atom. The van der Waals surface area contributed by atoms with E-state index in [0.717, 1.165) is 13.0 Å². The second kappa shape index (κ2) is 12.0. The second-order valence-electron chi connectivity index (χ2n) is 3.53. The average molecular weight is 185 g/mol. The highest BCUT2D eigenvalue weighted by Gasteiger charge is 1.91. The van der Waals surface area contributed by atoms with Gasteiger partial charge in [0.1, 0.15) is 0 Å². The summed E-state index contributed by atoms with van der Waals surface area (Å²) in [6, 6.07) is 0. The molecule has 0 amide bonds. The molecular formula is C12H25O. The molecule has 79 valence electrons. The van der Waals surface area contributed by atoms with Gasteiger partial charge < -0.3 is 4.74 Å². The van der Waals surface area contributed by atoms with Crippen molar-refractivity contribution in [1.29, 1.82) is 0 Å².